The third kappa shape index (κ3) is 4.99. The summed E-state index contributed by atoms with van der Waals surface area (Å²) >= 11 is 0. The molecular weight excluding hydrogens is 244 g/mol. The molecule has 0 saturated heterocycles. The molecule has 2 nitrogen and oxygen atoms in total. The van der Waals surface area contributed by atoms with E-state index in [9.17, 15) is 0 Å². The Hall–Kier alpha value is -1.31. The Kier molecular flexibility index (Phi) is 6.62. The number of nitrogens with zero attached hydrogens (tertiary/aromatic N) is 2. The van der Waals surface area contributed by atoms with Crippen LogP contribution in [0.1, 0.15) is 57.4 Å². The summed E-state index contributed by atoms with van der Waals surface area (Å²) in [5.41, 5.74) is 1.39. The fourth-order valence-corrected chi connectivity index (χ4v) is 2.80. The van der Waals surface area contributed by atoms with Gasteiger partial charge in [-0.15, -0.1) is 0 Å². The minimum atomic E-state index is 0.984. The van der Waals surface area contributed by atoms with Gasteiger partial charge in [0.15, 0.2) is 0 Å². The Morgan fingerprint density at radius 1 is 1.00 bits per heavy atom. The van der Waals surface area contributed by atoms with E-state index in [4.69, 9.17) is 0 Å². The maximum atomic E-state index is 4.69. The van der Waals surface area contributed by atoms with E-state index in [-0.39, 0.29) is 0 Å². The average molecular weight is 272 g/mol. The molecule has 1 aromatic carbocycles. The molecule has 1 heterocycles. The lowest BCUT2D eigenvalue weighted by Gasteiger charge is -2.20. The molecule has 0 amide bonds. The van der Waals surface area contributed by atoms with Gasteiger partial charge in [0.25, 0.3) is 0 Å². The zero-order valence-corrected chi connectivity index (χ0v) is 12.9. The van der Waals surface area contributed by atoms with Crippen LogP contribution in [0.5, 0.6) is 0 Å². The molecule has 2 rings (SSSR count). The summed E-state index contributed by atoms with van der Waals surface area (Å²) in [6, 6.07) is 10.7. The molecule has 0 N–H and O–H groups in total. The smallest absolute Gasteiger partial charge is 0.0993 e. The first-order valence-corrected chi connectivity index (χ1v) is 8.22. The number of hydrogen-bond donors (Lipinski definition) is 0. The Balaban J connectivity index is 1.68. The number of unbranched alkanes of at least 4 members (excludes halogenated alkanes) is 5. The van der Waals surface area contributed by atoms with Crippen molar-refractivity contribution in [2.75, 3.05) is 13.1 Å². The first kappa shape index (κ1) is 15.1. The number of hydrogen-bond acceptors (Lipinski definition) is 2. The normalized spacial score (nSPS) is 14.7. The Morgan fingerprint density at radius 3 is 2.55 bits per heavy atom. The number of rotatable bonds is 9. The van der Waals surface area contributed by atoms with E-state index in [0.717, 1.165) is 19.6 Å². The molecule has 1 aliphatic rings. The molecule has 1 aromatic rings. The van der Waals surface area contributed by atoms with Crippen LogP contribution in [0.15, 0.2) is 35.3 Å². The van der Waals surface area contributed by atoms with Crippen LogP contribution in [0.4, 0.5) is 0 Å². The summed E-state index contributed by atoms with van der Waals surface area (Å²) in [6.45, 7) is 5.38. The molecule has 0 bridgehead atoms. The largest absolute Gasteiger partial charge is 0.354 e. The summed E-state index contributed by atoms with van der Waals surface area (Å²) < 4.78 is 0. The quantitative estimate of drug-likeness (QED) is 0.597. The summed E-state index contributed by atoms with van der Waals surface area (Å²) in [4.78, 5) is 7.15. The van der Waals surface area contributed by atoms with Gasteiger partial charge in [-0.2, -0.15) is 0 Å². The second-order valence-corrected chi connectivity index (χ2v) is 5.72. The van der Waals surface area contributed by atoms with Crippen LogP contribution < -0.4 is 0 Å². The average Bonchev–Trinajstić information content (AvgIpc) is 2.91. The van der Waals surface area contributed by atoms with E-state index in [2.05, 4.69) is 47.1 Å². The van der Waals surface area contributed by atoms with Crippen molar-refractivity contribution in [3.05, 3.63) is 35.9 Å². The van der Waals surface area contributed by atoms with E-state index >= 15 is 0 Å². The van der Waals surface area contributed by atoms with Gasteiger partial charge in [-0.05, 0) is 12.0 Å². The Bertz CT molecular complexity index is 397. The summed E-state index contributed by atoms with van der Waals surface area (Å²) in [5, 5.41) is 0. The van der Waals surface area contributed by atoms with E-state index in [0.29, 0.717) is 0 Å². The maximum Gasteiger partial charge on any atom is 0.0993 e. The molecule has 0 aromatic heterocycles. The van der Waals surface area contributed by atoms with Crippen molar-refractivity contribution < 1.29 is 0 Å². The van der Waals surface area contributed by atoms with Crippen molar-refractivity contribution in [2.24, 2.45) is 4.99 Å². The van der Waals surface area contributed by atoms with Gasteiger partial charge in [0.2, 0.25) is 0 Å². The van der Waals surface area contributed by atoms with Crippen LogP contribution in [-0.4, -0.2) is 23.8 Å². The van der Waals surface area contributed by atoms with E-state index in [1.807, 2.05) is 0 Å². The van der Waals surface area contributed by atoms with Crippen LogP contribution in [0.25, 0.3) is 0 Å². The second-order valence-electron chi connectivity index (χ2n) is 5.72. The lowest BCUT2D eigenvalue weighted by molar-refractivity contribution is 0.440. The summed E-state index contributed by atoms with van der Waals surface area (Å²) in [7, 11) is 0. The minimum Gasteiger partial charge on any atom is -0.354 e. The first-order valence-electron chi connectivity index (χ1n) is 8.22. The third-order valence-corrected chi connectivity index (χ3v) is 4.00. The first-order chi connectivity index (χ1) is 9.90. The van der Waals surface area contributed by atoms with Crippen LogP contribution >= 0.6 is 0 Å². The third-order valence-electron chi connectivity index (χ3n) is 4.00. The highest BCUT2D eigenvalue weighted by Crippen LogP contribution is 2.14. The van der Waals surface area contributed by atoms with Crippen LogP contribution in [0.3, 0.4) is 0 Å². The van der Waals surface area contributed by atoms with Crippen molar-refractivity contribution in [2.45, 2.75) is 58.4 Å². The molecule has 2 heteroatoms. The number of benzene rings is 1. The highest BCUT2D eigenvalue weighted by molar-refractivity contribution is 5.83. The SMILES string of the molecule is CCCCCCCCC1=NCCN1Cc1ccccc1. The molecule has 0 aliphatic carbocycles. The second kappa shape index (κ2) is 8.78. The van der Waals surface area contributed by atoms with Crippen molar-refractivity contribution in [3.63, 3.8) is 0 Å². The zero-order chi connectivity index (χ0) is 14.0. The van der Waals surface area contributed by atoms with E-state index in [1.165, 1.54) is 56.3 Å². The fourth-order valence-electron chi connectivity index (χ4n) is 2.80. The van der Waals surface area contributed by atoms with E-state index in [1.54, 1.807) is 0 Å². The monoisotopic (exact) mass is 272 g/mol. The topological polar surface area (TPSA) is 15.6 Å². The highest BCUT2D eigenvalue weighted by atomic mass is 15.2. The van der Waals surface area contributed by atoms with Crippen LogP contribution in [-0.2, 0) is 6.54 Å². The molecule has 0 saturated carbocycles. The molecule has 0 spiro atoms. The molecule has 20 heavy (non-hydrogen) atoms. The van der Waals surface area contributed by atoms with E-state index < -0.39 is 0 Å². The molecule has 0 fully saturated rings. The predicted molar refractivity (Wildman–Crippen MR) is 87.1 cm³/mol. The van der Waals surface area contributed by atoms with Crippen molar-refractivity contribution in [3.8, 4) is 0 Å². The van der Waals surface area contributed by atoms with Crippen molar-refractivity contribution >= 4 is 5.84 Å². The van der Waals surface area contributed by atoms with Crippen molar-refractivity contribution in [1.82, 2.24) is 4.90 Å². The van der Waals surface area contributed by atoms with Gasteiger partial charge in [-0.25, -0.2) is 0 Å². The lowest BCUT2D eigenvalue weighted by Crippen LogP contribution is -2.27. The van der Waals surface area contributed by atoms with Gasteiger partial charge in [0.05, 0.1) is 12.4 Å². The van der Waals surface area contributed by atoms with Gasteiger partial charge < -0.3 is 4.90 Å². The van der Waals surface area contributed by atoms with Gasteiger partial charge in [-0.3, -0.25) is 4.99 Å². The molecule has 0 unspecified atom stereocenters. The van der Waals surface area contributed by atoms with Crippen LogP contribution in [0, 0.1) is 0 Å². The summed E-state index contributed by atoms with van der Waals surface area (Å²) in [6.07, 6.45) is 9.33. The van der Waals surface area contributed by atoms with Gasteiger partial charge in [-0.1, -0.05) is 69.4 Å². The Labute approximate surface area is 123 Å². The van der Waals surface area contributed by atoms with Gasteiger partial charge in [0, 0.05) is 19.5 Å². The summed E-state index contributed by atoms with van der Waals surface area (Å²) in [5.74, 6) is 1.34. The lowest BCUT2D eigenvalue weighted by atomic mass is 10.1. The van der Waals surface area contributed by atoms with Crippen LogP contribution in [0.2, 0.25) is 0 Å². The number of amidine groups is 1. The maximum absolute atomic E-state index is 4.69. The van der Waals surface area contributed by atoms with Gasteiger partial charge >= 0.3 is 0 Å². The Morgan fingerprint density at radius 2 is 1.75 bits per heavy atom. The minimum absolute atomic E-state index is 0.984. The molecule has 1 aliphatic heterocycles. The van der Waals surface area contributed by atoms with Gasteiger partial charge in [0.1, 0.15) is 0 Å². The molecule has 0 atom stereocenters. The molecular formula is C18H28N2. The standard InChI is InChI=1S/C18H28N2/c1-2-3-4-5-6-10-13-18-19-14-15-20(18)16-17-11-8-7-9-12-17/h7-9,11-12H,2-6,10,13-16H2,1H3. The molecule has 110 valence electrons. The highest BCUT2D eigenvalue weighted by Gasteiger charge is 2.16. The molecule has 0 radical (unpaired) electrons. The predicted octanol–water partition coefficient (Wildman–Crippen LogP) is 4.65. The zero-order valence-electron chi connectivity index (χ0n) is 12.9. The fraction of sp³-hybridized carbons (Fsp3) is 0.611. The number of aliphatic imine (C=N–C) groups is 1. The van der Waals surface area contributed by atoms with Crippen molar-refractivity contribution in [1.29, 1.82) is 0 Å².